The molecule has 2 saturated heterocycles. The molecule has 8 heterocycles. The molecule has 6 fully saturated rings. The molecule has 704 valence electrons. The zero-order valence-corrected chi connectivity index (χ0v) is 73.9. The van der Waals surface area contributed by atoms with E-state index in [2.05, 4.69) is 63.2 Å². The predicted molar refractivity (Wildman–Crippen MR) is 464 cm³/mol. The number of carbonyl (C=O) groups excluding carboxylic acids is 9. The highest BCUT2D eigenvalue weighted by molar-refractivity contribution is 7.88. The number of nitrogens with one attached hydrogen (secondary N) is 12. The Morgan fingerprint density at radius 1 is 0.679 bits per heavy atom. The number of phenolic OH excluding ortho intramolecular Hbond substituents is 3. The third-order valence-electron chi connectivity index (χ3n) is 25.9. The van der Waals surface area contributed by atoms with E-state index in [0.29, 0.717) is 17.6 Å². The summed E-state index contributed by atoms with van der Waals surface area (Å²) >= 11 is 7.33. The van der Waals surface area contributed by atoms with Gasteiger partial charge in [0.2, 0.25) is 69.3 Å². The maximum absolute atomic E-state index is 16.8. The van der Waals surface area contributed by atoms with Crippen molar-refractivity contribution in [3.8, 4) is 62.9 Å². The highest BCUT2D eigenvalue weighted by Gasteiger charge is 2.55. The summed E-state index contributed by atoms with van der Waals surface area (Å²) in [5, 5.41) is 142. The molecule has 0 aromatic heterocycles. The maximum Gasteiger partial charge on any atom is 0.325 e. The third-order valence-corrected chi connectivity index (χ3v) is 26.9. The molecular formula is C89H108ClN13O27S. The van der Waals surface area contributed by atoms with Gasteiger partial charge >= 0.3 is 6.03 Å². The summed E-state index contributed by atoms with van der Waals surface area (Å²) in [5.74, 6) is -14.0. The number of methoxy groups -OCH3 is 1. The summed E-state index contributed by atoms with van der Waals surface area (Å²) in [6, 6.07) is 2.98. The molecule has 19 atom stereocenters. The number of likely N-dealkylation sites (N-methyl/N-ethyl adjacent to an activating group) is 1. The molecule has 40 nitrogen and oxygen atoms in total. The summed E-state index contributed by atoms with van der Waals surface area (Å²) in [7, 11) is -0.765. The van der Waals surface area contributed by atoms with E-state index in [4.69, 9.17) is 50.5 Å². The number of carbonyl (C=O) groups is 9. The van der Waals surface area contributed by atoms with Crippen LogP contribution in [0.15, 0.2) is 97.1 Å². The van der Waals surface area contributed by atoms with Crippen LogP contribution in [0.3, 0.4) is 0 Å². The van der Waals surface area contributed by atoms with Gasteiger partial charge in [-0.3, -0.25) is 43.7 Å². The highest BCUT2D eigenvalue weighted by atomic mass is 35.5. The number of rotatable bonds is 20. The van der Waals surface area contributed by atoms with Gasteiger partial charge in [-0.1, -0.05) is 43.6 Å². The van der Waals surface area contributed by atoms with Crippen LogP contribution in [0.2, 0.25) is 5.02 Å². The quantitative estimate of drug-likeness (QED) is 0.0487. The van der Waals surface area contributed by atoms with Gasteiger partial charge in [0.1, 0.15) is 107 Å². The summed E-state index contributed by atoms with van der Waals surface area (Å²) in [6.45, 7) is 6.26. The Morgan fingerprint density at radius 3 is 1.98 bits per heavy atom. The number of aliphatic hydroxyl groups excluding tert-OH is 6. The van der Waals surface area contributed by atoms with Crippen molar-refractivity contribution >= 4 is 80.6 Å². The van der Waals surface area contributed by atoms with Gasteiger partial charge in [0.05, 0.1) is 48.6 Å². The number of hydrogen-bond donors (Lipinski definition) is 22. The largest absolute Gasteiger partial charge is 0.507 e. The molecule has 6 aromatic rings. The number of halogens is 1. The number of benzene rings is 6. The van der Waals surface area contributed by atoms with E-state index >= 15 is 28.8 Å². The topological polar surface area (TPSA) is 605 Å². The number of ether oxygens (including phenoxy) is 7. The molecule has 8 aliphatic heterocycles. The molecule has 23 N–H and O–H groups in total. The number of nitrogens with two attached hydrogens (primary N) is 1. The van der Waals surface area contributed by atoms with E-state index in [1.807, 2.05) is 0 Å². The predicted octanol–water partition coefficient (Wildman–Crippen LogP) is 2.26. The molecule has 4 saturated carbocycles. The second kappa shape index (κ2) is 38.6. The van der Waals surface area contributed by atoms with Crippen LogP contribution in [0.25, 0.3) is 11.1 Å². The van der Waals surface area contributed by atoms with E-state index in [9.17, 15) is 68.8 Å². The second-order valence-electron chi connectivity index (χ2n) is 35.9. The number of fused-ring (bicyclic) bond motifs is 16. The number of amides is 10. The van der Waals surface area contributed by atoms with Crippen LogP contribution in [0.4, 0.5) is 10.5 Å². The van der Waals surface area contributed by atoms with Crippen LogP contribution >= 0.6 is 11.6 Å². The molecule has 18 rings (SSSR count). The molecule has 6 aromatic carbocycles. The van der Waals surface area contributed by atoms with Crippen molar-refractivity contribution < 1.29 is 131 Å². The van der Waals surface area contributed by atoms with Gasteiger partial charge in [0.25, 0.3) is 0 Å². The van der Waals surface area contributed by atoms with E-state index in [1.54, 1.807) is 13.8 Å². The van der Waals surface area contributed by atoms with Gasteiger partial charge in [0.15, 0.2) is 23.9 Å². The van der Waals surface area contributed by atoms with Crippen molar-refractivity contribution in [1.82, 2.24) is 57.9 Å². The number of urea groups is 1. The fraction of sp³-hybridized carbons (Fsp3) is 0.494. The summed E-state index contributed by atoms with van der Waals surface area (Å²) in [5.41, 5.74) is 2.00. The summed E-state index contributed by atoms with van der Waals surface area (Å²) < 4.78 is 71.3. The van der Waals surface area contributed by atoms with E-state index in [-0.39, 0.29) is 95.9 Å². The van der Waals surface area contributed by atoms with Crippen molar-refractivity contribution in [2.24, 2.45) is 35.3 Å². The van der Waals surface area contributed by atoms with Crippen molar-refractivity contribution in [1.29, 1.82) is 0 Å². The molecule has 4 aliphatic carbocycles. The van der Waals surface area contributed by atoms with Crippen LogP contribution in [0.5, 0.6) is 51.7 Å². The normalized spacial score (nSPS) is 30.5. The number of phenols is 3. The Labute approximate surface area is 756 Å². The van der Waals surface area contributed by atoms with E-state index < -0.39 is 259 Å². The fourth-order valence-electron chi connectivity index (χ4n) is 19.4. The molecule has 1 unspecified atom stereocenters. The molecule has 18 bridgehead atoms. The Morgan fingerprint density at radius 2 is 1.33 bits per heavy atom. The zero-order valence-electron chi connectivity index (χ0n) is 72.3. The lowest BCUT2D eigenvalue weighted by atomic mass is 9.54. The minimum Gasteiger partial charge on any atom is -0.507 e. The maximum atomic E-state index is 16.8. The first-order chi connectivity index (χ1) is 62.2. The van der Waals surface area contributed by atoms with Crippen LogP contribution in [0.1, 0.15) is 161 Å². The van der Waals surface area contributed by atoms with Gasteiger partial charge < -0.3 is 138 Å². The molecule has 42 heteroatoms. The molecule has 131 heavy (non-hydrogen) atoms. The minimum absolute atomic E-state index is 0.00543. The Balaban J connectivity index is 0.933. The van der Waals surface area contributed by atoms with Gasteiger partial charge in [-0.25, -0.2) is 17.9 Å². The number of aliphatic hydroxyl groups is 6. The highest BCUT2D eigenvalue weighted by Crippen LogP contribution is 2.56. The lowest BCUT2D eigenvalue weighted by molar-refractivity contribution is -0.339. The Kier molecular flexibility index (Phi) is 27.8. The van der Waals surface area contributed by atoms with Crippen molar-refractivity contribution in [3.63, 3.8) is 0 Å². The van der Waals surface area contributed by atoms with Crippen molar-refractivity contribution in [2.45, 2.75) is 213 Å². The Hall–Kier alpha value is -11.1. The number of aromatic hydroxyl groups is 3. The third kappa shape index (κ3) is 20.3. The van der Waals surface area contributed by atoms with E-state index in [0.717, 1.165) is 86.9 Å². The van der Waals surface area contributed by atoms with Crippen LogP contribution in [-0.2, 0) is 69.1 Å². The number of sulfonamides is 1. The smallest absolute Gasteiger partial charge is 0.325 e. The van der Waals surface area contributed by atoms with Gasteiger partial charge in [-0.15, -0.1) is 0 Å². The summed E-state index contributed by atoms with van der Waals surface area (Å²) in [4.78, 5) is 140. The lowest BCUT2D eigenvalue weighted by Gasteiger charge is -2.54. The van der Waals surface area contributed by atoms with Gasteiger partial charge in [-0.05, 0) is 209 Å². The van der Waals surface area contributed by atoms with Gasteiger partial charge in [0, 0.05) is 53.5 Å². The van der Waals surface area contributed by atoms with Crippen LogP contribution in [-0.4, -0.2) is 226 Å². The van der Waals surface area contributed by atoms with Crippen LogP contribution < -0.4 is 87.9 Å². The average molecular weight is 1860 g/mol. The molecule has 12 aliphatic rings. The molecule has 0 radical (unpaired) electrons. The molecular weight excluding hydrogens is 1750 g/mol. The standard InChI is InChI=1S/C89H108ClN13O27S/c1-36(2)21-53(92-5)80(114)102-68-70(107)41-10-17-57-49(28-41)73(110)77-74(111)75(112)78(128-62-34-89(4,91)79(113)37(3)125-62)87(130-77)129-76-59(126-57)30-45-31-60(76)127-58-18-11-42(29-52(58)90)71(108)69-86(120)101-67(84(118)98-64-43-23-38-22-39(25-43)26-44(64)24-38)50-32-56(105)51(35-93-19-8-20-94-131(7,122)123)72(109)63(50)48-27-40(9-16-55(48)104)65(82(116)103-69)100-83(117)66(45)99-81(115)54(96-85(68)119)33-61(106)97-88(121)95-46-12-14-47(124-6)15-13-46/h9-18,27-32,36-39,43-44,53-54,62,64-71,73-75,77-79,87,92-94,104-105,107-113H,8,19-26,33-35,91H2,1-7H3,(H,96,119)(H,98,118)(H,99,115)(H,100,117)(H,101,120)(H,102,114)(H,103,116)(H2,95,97,106,121)/t37-,38?,39?,43?,44?,53+,54-,62-,64?,65+,66+,67-,68+,69-,70+,71+,73?,74-,75-,77+,78+,79+,87+,89-/m0/s1. The molecule has 0 spiro atoms. The monoisotopic (exact) mass is 1860 g/mol. The minimum atomic E-state index is -3.62. The van der Waals surface area contributed by atoms with Crippen LogP contribution in [0, 0.1) is 29.6 Å². The molecule has 10 amide bonds. The van der Waals surface area contributed by atoms with E-state index in [1.165, 1.54) is 76.5 Å². The first-order valence-corrected chi connectivity index (χ1v) is 45.6. The lowest BCUT2D eigenvalue weighted by Crippen LogP contribution is -2.64. The fourth-order valence-corrected chi connectivity index (χ4v) is 20.1. The first kappa shape index (κ1) is 94.5. The summed E-state index contributed by atoms with van der Waals surface area (Å²) in [6.07, 6.45) is -16.9. The average Bonchev–Trinajstić information content (AvgIpc) is 0.751. The second-order valence-corrected chi connectivity index (χ2v) is 38.1. The zero-order chi connectivity index (χ0) is 93.8. The number of hydrogen-bond acceptors (Lipinski definition) is 30. The number of imide groups is 1. The van der Waals surface area contributed by atoms with Crippen molar-refractivity contribution in [3.05, 3.63) is 141 Å². The van der Waals surface area contributed by atoms with Crippen molar-refractivity contribution in [2.75, 3.05) is 38.8 Å². The first-order valence-electron chi connectivity index (χ1n) is 43.3. The SMILES string of the molecule is CN[C@H](CC(C)C)C(=O)N[C@H]1C(=O)N[C@@H](CC(=O)NC(=O)Nc2ccc(OC)cc2)C(=O)N[C@H]2C(=O)N[C@H]3C(=O)N[C@H](C(=O)N[C@H](C(=O)NC4C5CC6CC(C5)CC4C6)c4cc(O)c(CNCCCNS(C)(=O)=O)c(O)c4-c4cc3ccc4O)[C@H](O)c3ccc(c(Cl)c3)Oc3cc2cc2c3O[C@@H]3O[C@H](C(O)c4cc(ccc4O2)[C@H]1O)[C@@H](O)[C@H](O)[C@H]3O[C@H]1C[C@](C)(N)[C@H](O)[C@H](C)O1. The number of anilines is 1. The van der Waals surface area contributed by atoms with Gasteiger partial charge in [-0.2, -0.15) is 0 Å². The Bertz CT molecular complexity index is 5510.